The van der Waals surface area contributed by atoms with Gasteiger partial charge in [-0.1, -0.05) is 0 Å². The Morgan fingerprint density at radius 3 is 2.39 bits per heavy atom. The second-order valence-corrected chi connectivity index (χ2v) is 5.42. The minimum absolute atomic E-state index is 0.0540. The number of carbonyl (C=O) groups is 3. The Morgan fingerprint density at radius 1 is 1.17 bits per heavy atom. The first kappa shape index (κ1) is 17.0. The molecule has 2 rings (SSSR count). The van der Waals surface area contributed by atoms with E-state index in [1.807, 2.05) is 0 Å². The van der Waals surface area contributed by atoms with E-state index in [-0.39, 0.29) is 12.8 Å². The van der Waals surface area contributed by atoms with E-state index in [0.29, 0.717) is 26.6 Å². The molecule has 23 heavy (non-hydrogen) atoms. The first-order valence-electron chi connectivity index (χ1n) is 6.63. The topological polar surface area (TPSA) is 82.1 Å². The number of carbonyl (C=O) groups excluding carboxylic acids is 3. The van der Waals surface area contributed by atoms with Gasteiger partial charge in [0.2, 0.25) is 0 Å². The third-order valence-electron chi connectivity index (χ3n) is 3.05. The Kier molecular flexibility index (Phi) is 5.38. The van der Waals surface area contributed by atoms with Crippen molar-refractivity contribution in [1.82, 2.24) is 5.06 Å². The SMILES string of the molecule is COc1cc(/C=C/C(=O)ON2C(=O)CCC2=O)cc(Br)c1OC. The van der Waals surface area contributed by atoms with Crippen LogP contribution < -0.4 is 9.47 Å². The van der Waals surface area contributed by atoms with Gasteiger partial charge in [0, 0.05) is 18.9 Å². The summed E-state index contributed by atoms with van der Waals surface area (Å²) in [6, 6.07) is 3.39. The summed E-state index contributed by atoms with van der Waals surface area (Å²) >= 11 is 3.34. The largest absolute Gasteiger partial charge is 0.493 e. The Bertz CT molecular complexity index is 669. The van der Waals surface area contributed by atoms with Crippen LogP contribution in [-0.2, 0) is 19.2 Å². The highest BCUT2D eigenvalue weighted by atomic mass is 79.9. The number of hydrogen-bond acceptors (Lipinski definition) is 6. The van der Waals surface area contributed by atoms with E-state index in [1.165, 1.54) is 20.3 Å². The summed E-state index contributed by atoms with van der Waals surface area (Å²) in [5.74, 6) is -0.851. The molecule has 0 aromatic heterocycles. The molecule has 1 fully saturated rings. The van der Waals surface area contributed by atoms with E-state index in [9.17, 15) is 14.4 Å². The molecule has 7 nitrogen and oxygen atoms in total. The second kappa shape index (κ2) is 7.28. The van der Waals surface area contributed by atoms with Gasteiger partial charge in [-0.3, -0.25) is 9.59 Å². The third kappa shape index (κ3) is 3.89. The highest BCUT2D eigenvalue weighted by Gasteiger charge is 2.32. The summed E-state index contributed by atoms with van der Waals surface area (Å²) < 4.78 is 11.0. The number of amides is 2. The first-order chi connectivity index (χ1) is 11.0. The molecular weight excluding hydrogens is 370 g/mol. The Labute approximate surface area is 140 Å². The van der Waals surface area contributed by atoms with Crippen LogP contribution in [0, 0.1) is 0 Å². The van der Waals surface area contributed by atoms with Gasteiger partial charge >= 0.3 is 5.97 Å². The molecule has 122 valence electrons. The van der Waals surface area contributed by atoms with Gasteiger partial charge in [-0.25, -0.2) is 4.79 Å². The monoisotopic (exact) mass is 383 g/mol. The average molecular weight is 384 g/mol. The highest BCUT2D eigenvalue weighted by Crippen LogP contribution is 2.36. The van der Waals surface area contributed by atoms with Gasteiger partial charge in [0.1, 0.15) is 0 Å². The molecule has 1 heterocycles. The zero-order chi connectivity index (χ0) is 17.0. The van der Waals surface area contributed by atoms with E-state index >= 15 is 0 Å². The quantitative estimate of drug-likeness (QED) is 0.571. The van der Waals surface area contributed by atoms with Gasteiger partial charge in [0.15, 0.2) is 11.5 Å². The van der Waals surface area contributed by atoms with Gasteiger partial charge in [0.25, 0.3) is 11.8 Å². The average Bonchev–Trinajstić information content (AvgIpc) is 2.84. The summed E-state index contributed by atoms with van der Waals surface area (Å²) in [7, 11) is 3.01. The van der Waals surface area contributed by atoms with Crippen LogP contribution in [0.3, 0.4) is 0 Å². The molecule has 0 radical (unpaired) electrons. The van der Waals surface area contributed by atoms with Crippen molar-refractivity contribution < 1.29 is 28.7 Å². The minimum Gasteiger partial charge on any atom is -0.493 e. The van der Waals surface area contributed by atoms with E-state index in [2.05, 4.69) is 15.9 Å². The van der Waals surface area contributed by atoms with Crippen molar-refractivity contribution in [1.29, 1.82) is 0 Å². The van der Waals surface area contributed by atoms with E-state index in [1.54, 1.807) is 12.1 Å². The third-order valence-corrected chi connectivity index (χ3v) is 3.64. The molecule has 0 spiro atoms. The Morgan fingerprint density at radius 2 is 1.83 bits per heavy atom. The fourth-order valence-electron chi connectivity index (χ4n) is 1.98. The van der Waals surface area contributed by atoms with Crippen molar-refractivity contribution in [2.45, 2.75) is 12.8 Å². The van der Waals surface area contributed by atoms with E-state index in [4.69, 9.17) is 14.3 Å². The van der Waals surface area contributed by atoms with Crippen LogP contribution in [0.1, 0.15) is 18.4 Å². The Hall–Kier alpha value is -2.35. The molecular formula is C15H14BrNO6. The molecule has 0 saturated carbocycles. The number of benzene rings is 1. The van der Waals surface area contributed by atoms with Crippen molar-refractivity contribution in [2.24, 2.45) is 0 Å². The molecule has 0 N–H and O–H groups in total. The maximum atomic E-state index is 11.7. The van der Waals surface area contributed by atoms with E-state index in [0.717, 1.165) is 6.08 Å². The number of nitrogens with zero attached hydrogens (tertiary/aromatic N) is 1. The number of ether oxygens (including phenoxy) is 2. The molecule has 8 heteroatoms. The number of hydroxylamine groups is 2. The standard InChI is InChI=1S/C15H14BrNO6/c1-21-11-8-9(7-10(16)15(11)22-2)3-6-14(20)23-17-12(18)4-5-13(17)19/h3,6-8H,4-5H2,1-2H3/b6-3+. The molecule has 1 aliphatic heterocycles. The lowest BCUT2D eigenvalue weighted by Crippen LogP contribution is -2.31. The van der Waals surface area contributed by atoms with Crippen LogP contribution in [0.5, 0.6) is 11.5 Å². The molecule has 1 aromatic rings. The number of halogens is 1. The van der Waals surface area contributed by atoms with Gasteiger partial charge < -0.3 is 14.3 Å². The fourth-order valence-corrected chi connectivity index (χ4v) is 2.60. The lowest BCUT2D eigenvalue weighted by Gasteiger charge is -2.11. The van der Waals surface area contributed by atoms with Crippen LogP contribution in [-0.4, -0.2) is 37.1 Å². The maximum absolute atomic E-state index is 11.7. The zero-order valence-electron chi connectivity index (χ0n) is 12.5. The lowest BCUT2D eigenvalue weighted by molar-refractivity contribution is -0.193. The Balaban J connectivity index is 2.10. The first-order valence-corrected chi connectivity index (χ1v) is 7.43. The number of methoxy groups -OCH3 is 2. The van der Waals surface area contributed by atoms with Crippen molar-refractivity contribution in [3.05, 3.63) is 28.2 Å². The predicted molar refractivity (Wildman–Crippen MR) is 83.5 cm³/mol. The molecule has 1 saturated heterocycles. The van der Waals surface area contributed by atoms with Gasteiger partial charge in [-0.05, 0) is 39.7 Å². The minimum atomic E-state index is -0.820. The van der Waals surface area contributed by atoms with Crippen molar-refractivity contribution in [3.8, 4) is 11.5 Å². The highest BCUT2D eigenvalue weighted by molar-refractivity contribution is 9.10. The molecule has 1 aromatic carbocycles. The van der Waals surface area contributed by atoms with Crippen LogP contribution in [0.15, 0.2) is 22.7 Å². The van der Waals surface area contributed by atoms with Crippen LogP contribution in [0.25, 0.3) is 6.08 Å². The van der Waals surface area contributed by atoms with Crippen molar-refractivity contribution >= 4 is 39.8 Å². The lowest BCUT2D eigenvalue weighted by atomic mass is 10.2. The van der Waals surface area contributed by atoms with Crippen molar-refractivity contribution in [2.75, 3.05) is 14.2 Å². The smallest absolute Gasteiger partial charge is 0.356 e. The van der Waals surface area contributed by atoms with Crippen LogP contribution in [0.2, 0.25) is 0 Å². The second-order valence-electron chi connectivity index (χ2n) is 4.56. The molecule has 0 bridgehead atoms. The zero-order valence-corrected chi connectivity index (χ0v) is 14.1. The molecule has 0 aliphatic carbocycles. The number of imide groups is 1. The number of rotatable bonds is 5. The van der Waals surface area contributed by atoms with E-state index < -0.39 is 17.8 Å². The summed E-state index contributed by atoms with van der Waals surface area (Å²) in [5.41, 5.74) is 0.644. The fraction of sp³-hybridized carbons (Fsp3) is 0.267. The summed E-state index contributed by atoms with van der Waals surface area (Å²) in [6.07, 6.45) is 2.70. The summed E-state index contributed by atoms with van der Waals surface area (Å²) in [6.45, 7) is 0. The van der Waals surface area contributed by atoms with Gasteiger partial charge in [-0.2, -0.15) is 0 Å². The maximum Gasteiger partial charge on any atom is 0.356 e. The molecule has 0 unspecified atom stereocenters. The number of hydrogen-bond donors (Lipinski definition) is 0. The van der Waals surface area contributed by atoms with Crippen LogP contribution in [0.4, 0.5) is 0 Å². The predicted octanol–water partition coefficient (Wildman–Crippen LogP) is 2.09. The van der Waals surface area contributed by atoms with Crippen LogP contribution >= 0.6 is 15.9 Å². The normalized spacial score (nSPS) is 14.5. The molecule has 2 amide bonds. The molecule has 1 aliphatic rings. The molecule has 0 atom stereocenters. The van der Waals surface area contributed by atoms with Gasteiger partial charge in [-0.15, -0.1) is 5.06 Å². The van der Waals surface area contributed by atoms with Gasteiger partial charge in [0.05, 0.1) is 18.7 Å². The summed E-state index contributed by atoms with van der Waals surface area (Å²) in [4.78, 5) is 39.2. The van der Waals surface area contributed by atoms with Crippen molar-refractivity contribution in [3.63, 3.8) is 0 Å². The summed E-state index contributed by atoms with van der Waals surface area (Å²) in [5, 5.41) is 0.497.